The zero-order valence-corrected chi connectivity index (χ0v) is 19.7. The second kappa shape index (κ2) is 10.2. The topological polar surface area (TPSA) is 87.5 Å². The maximum Gasteiger partial charge on any atom is 0.252 e. The third kappa shape index (κ3) is 4.80. The largest absolute Gasteiger partial charge is 0.493 e. The molecule has 0 spiro atoms. The summed E-state index contributed by atoms with van der Waals surface area (Å²) >= 11 is 0. The van der Waals surface area contributed by atoms with Crippen LogP contribution < -0.4 is 19.5 Å². The van der Waals surface area contributed by atoms with E-state index in [2.05, 4.69) is 17.3 Å². The van der Waals surface area contributed by atoms with E-state index in [1.807, 2.05) is 53.3 Å². The highest BCUT2D eigenvalue weighted by Crippen LogP contribution is 2.41. The maximum atomic E-state index is 13.3. The van der Waals surface area contributed by atoms with Gasteiger partial charge in [0.05, 0.1) is 38.1 Å². The number of ether oxygens (including phenoxy) is 3. The Morgan fingerprint density at radius 1 is 1.03 bits per heavy atom. The van der Waals surface area contributed by atoms with Crippen LogP contribution in [0, 0.1) is 5.92 Å². The van der Waals surface area contributed by atoms with Crippen molar-refractivity contribution in [3.05, 3.63) is 66.5 Å². The van der Waals surface area contributed by atoms with Crippen LogP contribution in [-0.2, 0) is 6.54 Å². The molecule has 1 unspecified atom stereocenters. The lowest BCUT2D eigenvalue weighted by molar-refractivity contribution is 0.0948. The maximum absolute atomic E-state index is 13.3. The molecule has 0 radical (unpaired) electrons. The summed E-state index contributed by atoms with van der Waals surface area (Å²) in [5.41, 5.74) is 2.66. The van der Waals surface area contributed by atoms with E-state index in [0.29, 0.717) is 35.1 Å². The first-order valence-electron chi connectivity index (χ1n) is 11.0. The van der Waals surface area contributed by atoms with E-state index in [1.54, 1.807) is 33.6 Å². The van der Waals surface area contributed by atoms with Crippen LogP contribution in [0.1, 0.15) is 17.3 Å². The summed E-state index contributed by atoms with van der Waals surface area (Å²) in [7, 11) is 4.69. The number of para-hydroxylation sites is 1. The summed E-state index contributed by atoms with van der Waals surface area (Å²) < 4.78 is 18.3. The molecule has 0 bridgehead atoms. The summed E-state index contributed by atoms with van der Waals surface area (Å²) in [6.07, 6.45) is 3.66. The Kier molecular flexibility index (Phi) is 6.96. The zero-order valence-electron chi connectivity index (χ0n) is 19.7. The number of hydrogen-bond acceptors (Lipinski definition) is 6. The molecule has 8 nitrogen and oxygen atoms in total. The first-order valence-corrected chi connectivity index (χ1v) is 11.0. The number of carbonyl (C=O) groups is 1. The molecule has 4 aromatic rings. The molecule has 0 saturated carbocycles. The Balaban J connectivity index is 1.68. The van der Waals surface area contributed by atoms with Crippen LogP contribution in [-0.4, -0.2) is 48.5 Å². The summed E-state index contributed by atoms with van der Waals surface area (Å²) in [5.74, 6) is 1.60. The van der Waals surface area contributed by atoms with Crippen molar-refractivity contribution in [3.8, 4) is 28.5 Å². The molecular formula is C26H28N4O4. The minimum atomic E-state index is -0.153. The van der Waals surface area contributed by atoms with Crippen molar-refractivity contribution in [1.82, 2.24) is 20.1 Å². The predicted molar refractivity (Wildman–Crippen MR) is 131 cm³/mol. The molecule has 8 heteroatoms. The molecule has 0 aliphatic heterocycles. The molecule has 1 amide bonds. The molecule has 4 rings (SSSR count). The highest BCUT2D eigenvalue weighted by molar-refractivity contribution is 6.07. The van der Waals surface area contributed by atoms with E-state index in [-0.39, 0.29) is 11.8 Å². The number of amides is 1. The number of aromatic nitrogens is 3. The lowest BCUT2D eigenvalue weighted by Gasteiger charge is -2.16. The monoisotopic (exact) mass is 460 g/mol. The minimum Gasteiger partial charge on any atom is -0.493 e. The van der Waals surface area contributed by atoms with Crippen LogP contribution in [0.15, 0.2) is 60.9 Å². The number of methoxy groups -OCH3 is 3. The van der Waals surface area contributed by atoms with Gasteiger partial charge in [0.15, 0.2) is 11.5 Å². The average molecular weight is 461 g/mol. The Morgan fingerprint density at radius 3 is 2.41 bits per heavy atom. The van der Waals surface area contributed by atoms with Gasteiger partial charge in [0.25, 0.3) is 5.91 Å². The minimum absolute atomic E-state index is 0.153. The molecular weight excluding hydrogens is 432 g/mol. The summed E-state index contributed by atoms with van der Waals surface area (Å²) in [5, 5.41) is 8.09. The van der Waals surface area contributed by atoms with Crippen LogP contribution in [0.5, 0.6) is 17.2 Å². The molecule has 2 aromatic carbocycles. The Hall–Kier alpha value is -4.07. The van der Waals surface area contributed by atoms with Gasteiger partial charge in [-0.25, -0.2) is 4.98 Å². The molecule has 0 saturated heterocycles. The second-order valence-corrected chi connectivity index (χ2v) is 8.03. The quantitative estimate of drug-likeness (QED) is 0.403. The zero-order chi connectivity index (χ0) is 24.1. The van der Waals surface area contributed by atoms with Crippen LogP contribution >= 0.6 is 0 Å². The van der Waals surface area contributed by atoms with E-state index >= 15 is 0 Å². The van der Waals surface area contributed by atoms with Gasteiger partial charge in [-0.3, -0.25) is 9.48 Å². The van der Waals surface area contributed by atoms with Gasteiger partial charge in [0.2, 0.25) is 5.75 Å². The molecule has 34 heavy (non-hydrogen) atoms. The third-order valence-electron chi connectivity index (χ3n) is 5.59. The van der Waals surface area contributed by atoms with Crippen molar-refractivity contribution >= 4 is 16.8 Å². The van der Waals surface area contributed by atoms with E-state index in [9.17, 15) is 4.79 Å². The summed E-state index contributed by atoms with van der Waals surface area (Å²) in [6, 6.07) is 15.0. The van der Waals surface area contributed by atoms with Crippen molar-refractivity contribution in [1.29, 1.82) is 0 Å². The van der Waals surface area contributed by atoms with Gasteiger partial charge >= 0.3 is 0 Å². The first-order chi connectivity index (χ1) is 16.5. The van der Waals surface area contributed by atoms with Gasteiger partial charge in [-0.1, -0.05) is 25.1 Å². The molecule has 176 valence electrons. The number of hydrogen-bond donors (Lipinski definition) is 1. The van der Waals surface area contributed by atoms with E-state index in [0.717, 1.165) is 23.0 Å². The van der Waals surface area contributed by atoms with Crippen LogP contribution in [0.4, 0.5) is 0 Å². The highest BCUT2D eigenvalue weighted by atomic mass is 16.5. The molecule has 1 N–H and O–H groups in total. The van der Waals surface area contributed by atoms with Crippen LogP contribution in [0.3, 0.4) is 0 Å². The van der Waals surface area contributed by atoms with E-state index in [4.69, 9.17) is 19.2 Å². The average Bonchev–Trinajstić information content (AvgIpc) is 3.38. The van der Waals surface area contributed by atoms with Gasteiger partial charge in [0.1, 0.15) is 0 Å². The lowest BCUT2D eigenvalue weighted by Crippen LogP contribution is -2.30. The van der Waals surface area contributed by atoms with Crippen molar-refractivity contribution in [3.63, 3.8) is 0 Å². The van der Waals surface area contributed by atoms with E-state index < -0.39 is 0 Å². The fourth-order valence-electron chi connectivity index (χ4n) is 3.89. The van der Waals surface area contributed by atoms with Gasteiger partial charge in [-0.15, -0.1) is 0 Å². The number of fused-ring (bicyclic) bond motifs is 1. The lowest BCUT2D eigenvalue weighted by atomic mass is 10.0. The predicted octanol–water partition coefficient (Wildman–Crippen LogP) is 4.19. The third-order valence-corrected chi connectivity index (χ3v) is 5.59. The molecule has 2 aromatic heterocycles. The number of carbonyl (C=O) groups excluding carboxylic acids is 1. The Labute approximate surface area is 198 Å². The molecule has 1 atom stereocenters. The number of nitrogens with one attached hydrogen (secondary N) is 1. The second-order valence-electron chi connectivity index (χ2n) is 8.03. The fraction of sp³-hybridized carbons (Fsp3) is 0.269. The SMILES string of the molecule is COc1cc(-c2cc(C(=O)NCC(C)Cn3cccn3)c3ccccc3n2)cc(OC)c1OC. The van der Waals surface area contributed by atoms with Crippen LogP contribution in [0.25, 0.3) is 22.2 Å². The smallest absolute Gasteiger partial charge is 0.252 e. The number of nitrogens with zero attached hydrogens (tertiary/aromatic N) is 3. The molecule has 0 aliphatic carbocycles. The molecule has 2 heterocycles. The van der Waals surface area contributed by atoms with Crippen molar-refractivity contribution < 1.29 is 19.0 Å². The van der Waals surface area contributed by atoms with Gasteiger partial charge in [0, 0.05) is 36.4 Å². The number of rotatable bonds is 9. The Morgan fingerprint density at radius 2 is 1.76 bits per heavy atom. The molecule has 0 aliphatic rings. The first kappa shape index (κ1) is 23.1. The Bertz CT molecular complexity index is 1260. The standard InChI is InChI=1S/C26H28N4O4/c1-17(16-30-11-7-10-28-30)15-27-26(31)20-14-22(29-21-9-6-5-8-19(20)21)18-12-23(32-2)25(34-4)24(13-18)33-3/h5-14,17H,15-16H2,1-4H3,(H,27,31). The van der Waals surface area contributed by atoms with Gasteiger partial charge in [-0.05, 0) is 36.2 Å². The fourth-order valence-corrected chi connectivity index (χ4v) is 3.89. The van der Waals surface area contributed by atoms with Crippen molar-refractivity contribution in [2.75, 3.05) is 27.9 Å². The number of benzene rings is 2. The summed E-state index contributed by atoms with van der Waals surface area (Å²) in [6.45, 7) is 3.32. The van der Waals surface area contributed by atoms with Gasteiger partial charge in [-0.2, -0.15) is 5.10 Å². The van der Waals surface area contributed by atoms with Gasteiger partial charge < -0.3 is 19.5 Å². The van der Waals surface area contributed by atoms with Crippen molar-refractivity contribution in [2.24, 2.45) is 5.92 Å². The number of pyridine rings is 1. The molecule has 0 fully saturated rings. The summed E-state index contributed by atoms with van der Waals surface area (Å²) in [4.78, 5) is 18.1. The van der Waals surface area contributed by atoms with Crippen molar-refractivity contribution in [2.45, 2.75) is 13.5 Å². The normalized spacial score (nSPS) is 11.8. The highest BCUT2D eigenvalue weighted by Gasteiger charge is 2.18. The van der Waals surface area contributed by atoms with E-state index in [1.165, 1.54) is 0 Å². The van der Waals surface area contributed by atoms with Crippen LogP contribution in [0.2, 0.25) is 0 Å².